The molecule has 808 valence electrons. The van der Waals surface area contributed by atoms with E-state index in [4.69, 9.17) is 26.4 Å². The van der Waals surface area contributed by atoms with E-state index in [0.717, 1.165) is 147 Å². The molecule has 0 bridgehead atoms. The van der Waals surface area contributed by atoms with Crippen LogP contribution >= 0.6 is 23.5 Å². The van der Waals surface area contributed by atoms with Gasteiger partial charge in [0.05, 0.1) is 57.9 Å². The number of aliphatic carboxylic acids is 2. The van der Waals surface area contributed by atoms with Gasteiger partial charge < -0.3 is 103 Å². The van der Waals surface area contributed by atoms with Crippen molar-refractivity contribution in [3.8, 4) is 85.7 Å². The molecular weight excluding hydrogens is 1960 g/mol. The topological polar surface area (TPSA) is 599 Å². The Morgan fingerprint density at radius 3 is 1.09 bits per heavy atom. The monoisotopic (exact) mass is 2110 g/mol. The van der Waals surface area contributed by atoms with Gasteiger partial charge in [-0.25, -0.2) is 53.0 Å². The molecule has 12 aromatic rings. The summed E-state index contributed by atoms with van der Waals surface area (Å²) in [6, 6.07) is 32.4. The van der Waals surface area contributed by atoms with E-state index < -0.39 is 34.6 Å². The number of hydrogen-bond acceptors (Lipinski definition) is 25. The molecule has 16 rings (SSSR count). The lowest BCUT2D eigenvalue weighted by Crippen LogP contribution is -2.36. The van der Waals surface area contributed by atoms with Crippen molar-refractivity contribution < 1.29 is 83.9 Å². The maximum Gasteiger partial charge on any atom is 0.348 e. The first-order chi connectivity index (χ1) is 71.8. The Hall–Kier alpha value is -14.3. The van der Waals surface area contributed by atoms with E-state index in [1.807, 2.05) is 186 Å². The lowest BCUT2D eigenvalue weighted by atomic mass is 9.98. The van der Waals surface area contributed by atoms with Gasteiger partial charge in [-0.05, 0) is 217 Å². The first-order valence-corrected chi connectivity index (χ1v) is 53.8. The summed E-state index contributed by atoms with van der Waals surface area (Å²) in [7, 11) is 0. The lowest BCUT2D eigenvalue weighted by molar-refractivity contribution is -0.155. The third-order valence-electron chi connectivity index (χ3n) is 26.7. The summed E-state index contributed by atoms with van der Waals surface area (Å²) in [5.41, 5.74) is 17.1. The average molecular weight is 2110 g/mol. The average Bonchev–Trinajstić information content (AvgIpc) is 1.63. The molecule has 150 heavy (non-hydrogen) atoms. The number of carboxylic acids is 2. The number of rotatable bonds is 46. The first-order valence-electron chi connectivity index (χ1n) is 51.7. The highest BCUT2D eigenvalue weighted by Gasteiger charge is 2.44. The maximum atomic E-state index is 12.9. The second-order valence-electron chi connectivity index (χ2n) is 40.1. The summed E-state index contributed by atoms with van der Waals surface area (Å²) in [5, 5.41) is 120. The van der Waals surface area contributed by atoms with Crippen molar-refractivity contribution in [2.75, 3.05) is 37.7 Å². The van der Waals surface area contributed by atoms with Gasteiger partial charge >= 0.3 is 47.0 Å². The minimum absolute atomic E-state index is 0.00689. The number of carboxylic acid groups (broad SMARTS) is 2. The molecule has 10 heterocycles. The Bertz CT molecular complexity index is 6850. The zero-order valence-electron chi connectivity index (χ0n) is 86.6. The fourth-order valence-corrected chi connectivity index (χ4v) is 22.0. The number of aromatic nitrogens is 12. The summed E-state index contributed by atoms with van der Waals surface area (Å²) < 4.78 is 15.5. The van der Waals surface area contributed by atoms with Gasteiger partial charge in [0, 0.05) is 176 Å². The molecule has 0 spiro atoms. The minimum atomic E-state index is -0.757. The molecule has 0 aliphatic carbocycles. The number of ether oxygens (including phenoxy) is 1. The van der Waals surface area contributed by atoms with E-state index in [0.29, 0.717) is 151 Å². The molecule has 0 radical (unpaired) electrons. The summed E-state index contributed by atoms with van der Waals surface area (Å²) in [6.07, 6.45) is 23.9. The highest BCUT2D eigenvalue weighted by molar-refractivity contribution is 8.00. The number of aromatic hydroxyl groups is 6. The van der Waals surface area contributed by atoms with Crippen LogP contribution in [0.3, 0.4) is 0 Å². The summed E-state index contributed by atoms with van der Waals surface area (Å²) in [6.45, 7) is 21.2. The second kappa shape index (κ2) is 54.3. The van der Waals surface area contributed by atoms with E-state index in [1.165, 1.54) is 31.9 Å². The molecular formula is C108H144N20O20S2. The molecule has 0 saturated carbocycles. The van der Waals surface area contributed by atoms with E-state index in [-0.39, 0.29) is 137 Å². The molecule has 0 unspecified atom stereocenters. The van der Waals surface area contributed by atoms with Crippen molar-refractivity contribution >= 4 is 104 Å². The predicted octanol–water partition coefficient (Wildman–Crippen LogP) is 15.0. The summed E-state index contributed by atoms with van der Waals surface area (Å²) in [5.74, 6) is 0.905. The number of aromatic amines is 3. The van der Waals surface area contributed by atoms with E-state index >= 15 is 0 Å². The van der Waals surface area contributed by atoms with Gasteiger partial charge in [0.25, 0.3) is 0 Å². The number of esters is 1. The SMILES string of the molecule is CC(C)(C)OC(=O)CCCCCCC(=O)O.CC(C)c1cc(-c2n[nH]c(=O)n2-c2ccc3c(ccn3CCN)c2)c(O)cc1O.CC(C)c1cc(-c2n[nH]c(=O)n2-c2ccc3c(ccn3CCNC(=O)CCCCCCC(=O)CCCC[C@H]3SC[C@H]4NC(=O)N[C@H]43)c2)c(O)cc1O.CC(C)c1cc(-c2n[nH]c(=O)n2-c2ccc3c(ccn3CCNC(=O)CCCCCN)c2)c(O)cc1O.O=C(O)CCCC[C@@H]1SC[C@@H]2NC(=O)N[C@@H]21. The van der Waals surface area contributed by atoms with Crippen molar-refractivity contribution in [2.45, 2.75) is 294 Å². The number of benzene rings is 6. The Labute approximate surface area is 877 Å². The Balaban J connectivity index is 0.000000178. The van der Waals surface area contributed by atoms with Gasteiger partial charge in [-0.2, -0.15) is 38.8 Å². The van der Waals surface area contributed by atoms with Crippen LogP contribution in [0.25, 0.3) is 83.9 Å². The fraction of sp³-hybridized carbons (Fsp3) is 0.481. The van der Waals surface area contributed by atoms with Crippen LogP contribution in [0.15, 0.2) is 142 Å². The number of urea groups is 2. The number of hydrogen-bond donors (Lipinski definition) is 19. The molecule has 6 amide bonds. The Kier molecular flexibility index (Phi) is 41.4. The van der Waals surface area contributed by atoms with Gasteiger partial charge in [-0.3, -0.25) is 28.8 Å². The fourth-order valence-electron chi connectivity index (χ4n) is 18.9. The standard InChI is InChI=1S/C38H49N7O6S.C27H34N6O4.C21H23N5O3.C12H22O4.C10H16N2O3S/c1-23(2)27-20-28(32(48)21-31(27)47)36-42-43-38(51)45(36)25-13-14-30-24(19-25)15-17-44(30)18-16-39-34(49)12-6-4-3-5-9-26(46)10-7-8-11-33-35-29(22-52-33)40-37(50)41-35;1-17(2)20-15-21(24(35)16-23(20)34)26-30-31-27(37)33(26)19-7-8-22-18(14-19)9-12-32(22)13-11-29-25(36)6-4-3-5-10-28;1-12(2)15-10-16(19(28)11-18(15)27)20-23-24-21(29)26(20)14-3-4-17-13(9-14)5-7-25(17)8-6-22;1-12(2,3)16-11(15)9-7-5-4-6-8-10(13)14;13-8(14)4-2-1-3-7-9-6(5-16-7)11-10(15)12-9/h13-15,17,19-21,23,29,33,35,47-48H,3-12,16,18,22H2,1-2H3,(H,39,49)(H,43,51)(H2,40,41,50);7-9,12,14-17,34-35H,3-6,10-11,13,28H2,1-2H3,(H,29,36)(H,31,37);3-5,7,9-12,27-28H,6,8,22H2,1-2H3,(H,24,29);4-9H2,1-3H3,(H,13,14);6-7,9H,1-5H2,(H,13,14)(H2,11,12,15)/t29-,33-,35-;;;;6-,7-,9-/m1...0/s1. The van der Waals surface area contributed by atoms with Crippen LogP contribution in [0.5, 0.6) is 34.5 Å². The summed E-state index contributed by atoms with van der Waals surface area (Å²) >= 11 is 3.78. The smallest absolute Gasteiger partial charge is 0.348 e. The third-order valence-corrected chi connectivity index (χ3v) is 29.7. The molecule has 6 aromatic heterocycles. The Morgan fingerprint density at radius 2 is 0.740 bits per heavy atom. The van der Waals surface area contributed by atoms with E-state index in [1.54, 1.807) is 18.2 Å². The number of H-pyrrole nitrogens is 3. The predicted molar refractivity (Wildman–Crippen MR) is 580 cm³/mol. The number of phenolic OH excluding ortho intramolecular Hbond substituents is 6. The third kappa shape index (κ3) is 31.2. The van der Waals surface area contributed by atoms with Crippen molar-refractivity contribution in [3.63, 3.8) is 0 Å². The minimum Gasteiger partial charge on any atom is -0.508 e. The number of carbonyl (C=O) groups excluding carboxylic acids is 6. The number of fused-ring (bicyclic) bond motifs is 5. The number of amides is 6. The number of thioether (sulfide) groups is 2. The highest BCUT2D eigenvalue weighted by Crippen LogP contribution is 2.43. The second-order valence-corrected chi connectivity index (χ2v) is 42.7. The molecule has 42 heteroatoms. The van der Waals surface area contributed by atoms with Crippen molar-refractivity contribution in [1.29, 1.82) is 0 Å². The lowest BCUT2D eigenvalue weighted by Gasteiger charge is -2.19. The largest absolute Gasteiger partial charge is 0.508 e. The summed E-state index contributed by atoms with van der Waals surface area (Å²) in [4.78, 5) is 129. The molecule has 4 aliphatic heterocycles. The highest BCUT2D eigenvalue weighted by atomic mass is 32.2. The van der Waals surface area contributed by atoms with E-state index in [9.17, 15) is 83.4 Å². The molecule has 4 fully saturated rings. The molecule has 21 N–H and O–H groups in total. The molecule has 4 saturated heterocycles. The van der Waals surface area contributed by atoms with Crippen molar-refractivity contribution in [2.24, 2.45) is 11.5 Å². The van der Waals surface area contributed by atoms with Gasteiger partial charge in [-0.15, -0.1) is 0 Å². The van der Waals surface area contributed by atoms with Crippen LogP contribution in [0.4, 0.5) is 9.59 Å². The van der Waals surface area contributed by atoms with Gasteiger partial charge in [-0.1, -0.05) is 86.5 Å². The molecule has 4 aliphatic rings. The van der Waals surface area contributed by atoms with Crippen LogP contribution in [0.2, 0.25) is 0 Å². The van der Waals surface area contributed by atoms with Crippen molar-refractivity contribution in [1.82, 2.24) is 89.9 Å². The van der Waals surface area contributed by atoms with Gasteiger partial charge in [0.2, 0.25) is 11.8 Å². The first kappa shape index (κ1) is 114. The zero-order chi connectivity index (χ0) is 108. The maximum absolute atomic E-state index is 12.9. The zero-order valence-corrected chi connectivity index (χ0v) is 88.3. The quantitative estimate of drug-likeness (QED) is 0.00957. The molecule has 6 aromatic carbocycles. The number of phenols is 6. The van der Waals surface area contributed by atoms with Gasteiger partial charge in [0.15, 0.2) is 17.5 Å². The van der Waals surface area contributed by atoms with Crippen LogP contribution in [-0.2, 0) is 53.1 Å². The number of nitrogens with one attached hydrogen (secondary N) is 9. The Morgan fingerprint density at radius 1 is 0.407 bits per heavy atom. The van der Waals surface area contributed by atoms with Crippen LogP contribution in [0.1, 0.15) is 251 Å². The van der Waals surface area contributed by atoms with Crippen LogP contribution < -0.4 is 60.4 Å². The number of unbranched alkanes of at least 4 members (excludes halogenated alkanes) is 10. The van der Waals surface area contributed by atoms with Gasteiger partial charge in [0.1, 0.15) is 45.9 Å². The number of carbonyl (C=O) groups is 8. The molecule has 6 atom stereocenters. The van der Waals surface area contributed by atoms with Crippen LogP contribution in [-0.4, -0.2) is 224 Å². The number of nitrogens with zero attached hydrogens (tertiary/aromatic N) is 9. The normalized spacial score (nSPS) is 16.0. The number of ketones is 1. The number of Topliss-reactive ketones (excluding diaryl/α,β-unsaturated/α-hetero) is 1. The van der Waals surface area contributed by atoms with E-state index in [2.05, 4.69) is 67.1 Å². The van der Waals surface area contributed by atoms with Crippen molar-refractivity contribution in [3.05, 3.63) is 176 Å². The number of nitrogens with two attached hydrogens (primary N) is 2. The van der Waals surface area contributed by atoms with Crippen LogP contribution in [0, 0.1) is 0 Å². The molecule has 40 nitrogen and oxygen atoms in total.